The van der Waals surface area contributed by atoms with Gasteiger partial charge in [-0.1, -0.05) is 12.1 Å². The first-order valence-corrected chi connectivity index (χ1v) is 8.62. The van der Waals surface area contributed by atoms with Gasteiger partial charge in [0.1, 0.15) is 18.7 Å². The van der Waals surface area contributed by atoms with Crippen LogP contribution >= 0.6 is 0 Å². The summed E-state index contributed by atoms with van der Waals surface area (Å²) in [6.07, 6.45) is 1.84. The van der Waals surface area contributed by atoms with Crippen LogP contribution in [0.4, 0.5) is 4.79 Å². The molecule has 1 aliphatic heterocycles. The topological polar surface area (TPSA) is 97.0 Å². The van der Waals surface area contributed by atoms with Crippen molar-refractivity contribution in [3.05, 3.63) is 24.3 Å². The van der Waals surface area contributed by atoms with Crippen LogP contribution < -0.4 is 20.1 Å². The third kappa shape index (κ3) is 3.58. The van der Waals surface area contributed by atoms with E-state index in [9.17, 15) is 14.4 Å². The largest absolute Gasteiger partial charge is 0.493 e. The second-order valence-corrected chi connectivity index (χ2v) is 6.65. The smallest absolute Gasteiger partial charge is 0.325 e. The Balaban J connectivity index is 1.44. The highest BCUT2D eigenvalue weighted by molar-refractivity contribution is 6.09. The van der Waals surface area contributed by atoms with E-state index in [2.05, 4.69) is 10.6 Å². The van der Waals surface area contributed by atoms with Crippen LogP contribution in [0, 0.1) is 5.92 Å². The molecule has 26 heavy (non-hydrogen) atoms. The molecule has 8 nitrogen and oxygen atoms in total. The number of hydrogen-bond donors (Lipinski definition) is 2. The molecular formula is C18H23N3O5. The van der Waals surface area contributed by atoms with E-state index >= 15 is 0 Å². The molecule has 0 bridgehead atoms. The van der Waals surface area contributed by atoms with Gasteiger partial charge in [0.05, 0.1) is 13.7 Å². The van der Waals surface area contributed by atoms with Gasteiger partial charge in [0, 0.05) is 0 Å². The van der Waals surface area contributed by atoms with Crippen molar-refractivity contribution >= 4 is 17.8 Å². The summed E-state index contributed by atoms with van der Waals surface area (Å²) in [6, 6.07) is 6.70. The first-order valence-electron chi connectivity index (χ1n) is 8.62. The van der Waals surface area contributed by atoms with E-state index in [0.29, 0.717) is 11.5 Å². The highest BCUT2D eigenvalue weighted by Crippen LogP contribution is 2.42. The SMILES string of the molecule is COc1ccccc1OCCNC(=O)CN1C(=O)N[C@@](C)(C2CC2)C1=O. The van der Waals surface area contributed by atoms with Crippen LogP contribution in [0.25, 0.3) is 0 Å². The highest BCUT2D eigenvalue weighted by Gasteiger charge is 2.56. The summed E-state index contributed by atoms with van der Waals surface area (Å²) in [4.78, 5) is 37.5. The Hall–Kier alpha value is -2.77. The molecule has 1 saturated carbocycles. The van der Waals surface area contributed by atoms with E-state index < -0.39 is 17.5 Å². The van der Waals surface area contributed by atoms with Crippen molar-refractivity contribution in [1.82, 2.24) is 15.5 Å². The van der Waals surface area contributed by atoms with Gasteiger partial charge in [0.15, 0.2) is 11.5 Å². The molecule has 1 saturated heterocycles. The number of carbonyl (C=O) groups excluding carboxylic acids is 3. The van der Waals surface area contributed by atoms with E-state index in [1.54, 1.807) is 26.2 Å². The van der Waals surface area contributed by atoms with Crippen LogP contribution in [0.1, 0.15) is 19.8 Å². The Bertz CT molecular complexity index is 719. The van der Waals surface area contributed by atoms with Gasteiger partial charge in [-0.05, 0) is 37.8 Å². The maximum atomic E-state index is 12.5. The molecule has 1 aliphatic carbocycles. The molecule has 1 aromatic rings. The van der Waals surface area contributed by atoms with Gasteiger partial charge in [-0.2, -0.15) is 0 Å². The number of amides is 4. The Morgan fingerprint density at radius 3 is 2.65 bits per heavy atom. The number of benzene rings is 1. The van der Waals surface area contributed by atoms with E-state index in [0.717, 1.165) is 17.7 Å². The molecule has 0 aromatic heterocycles. The number of rotatable bonds is 8. The first-order chi connectivity index (χ1) is 12.5. The van der Waals surface area contributed by atoms with E-state index in [4.69, 9.17) is 9.47 Å². The fourth-order valence-electron chi connectivity index (χ4n) is 3.09. The summed E-state index contributed by atoms with van der Waals surface area (Å²) < 4.78 is 10.7. The number of para-hydroxylation sites is 2. The zero-order valence-electron chi connectivity index (χ0n) is 14.9. The monoisotopic (exact) mass is 361 g/mol. The summed E-state index contributed by atoms with van der Waals surface area (Å²) in [7, 11) is 1.55. The molecule has 140 valence electrons. The predicted octanol–water partition coefficient (Wildman–Crippen LogP) is 0.911. The van der Waals surface area contributed by atoms with Crippen LogP contribution in [0.5, 0.6) is 11.5 Å². The van der Waals surface area contributed by atoms with E-state index in [-0.39, 0.29) is 31.5 Å². The minimum atomic E-state index is -0.871. The number of urea groups is 1. The molecule has 1 aromatic carbocycles. The minimum absolute atomic E-state index is 0.168. The lowest BCUT2D eigenvalue weighted by Gasteiger charge is -2.20. The molecular weight excluding hydrogens is 338 g/mol. The third-order valence-electron chi connectivity index (χ3n) is 4.75. The average Bonchev–Trinajstić information content (AvgIpc) is 3.45. The van der Waals surface area contributed by atoms with Gasteiger partial charge >= 0.3 is 6.03 Å². The fourth-order valence-corrected chi connectivity index (χ4v) is 3.09. The number of hydrogen-bond acceptors (Lipinski definition) is 5. The Labute approximate surface area is 151 Å². The summed E-state index contributed by atoms with van der Waals surface area (Å²) in [5, 5.41) is 5.37. The Kier molecular flexibility index (Phi) is 5.01. The van der Waals surface area contributed by atoms with Crippen LogP contribution in [0.2, 0.25) is 0 Å². The molecule has 4 amide bonds. The Morgan fingerprint density at radius 2 is 2.00 bits per heavy atom. The van der Waals surface area contributed by atoms with Gasteiger partial charge in [-0.3, -0.25) is 14.5 Å². The van der Waals surface area contributed by atoms with Crippen molar-refractivity contribution in [2.75, 3.05) is 26.8 Å². The van der Waals surface area contributed by atoms with Gasteiger partial charge in [-0.25, -0.2) is 4.79 Å². The van der Waals surface area contributed by atoms with Gasteiger partial charge in [-0.15, -0.1) is 0 Å². The lowest BCUT2D eigenvalue weighted by molar-refractivity contribution is -0.135. The van der Waals surface area contributed by atoms with Crippen LogP contribution in [0.15, 0.2) is 24.3 Å². The maximum absolute atomic E-state index is 12.5. The molecule has 0 spiro atoms. The van der Waals surface area contributed by atoms with E-state index in [1.807, 2.05) is 12.1 Å². The van der Waals surface area contributed by atoms with E-state index in [1.165, 1.54) is 0 Å². The number of carbonyl (C=O) groups is 3. The molecule has 1 atom stereocenters. The standard InChI is InChI=1S/C18H23N3O5/c1-18(12-7-8-12)16(23)21(17(24)20-18)11-15(22)19-9-10-26-14-6-4-3-5-13(14)25-2/h3-6,12H,7-11H2,1-2H3,(H,19,22)(H,20,24)/t18-/m0/s1. The van der Waals surface area contributed by atoms with Crippen molar-refractivity contribution in [3.8, 4) is 11.5 Å². The first kappa shape index (κ1) is 18.0. The quantitative estimate of drug-likeness (QED) is 0.530. The second kappa shape index (κ2) is 7.23. The molecule has 2 fully saturated rings. The zero-order chi connectivity index (χ0) is 18.7. The number of imide groups is 1. The molecule has 2 N–H and O–H groups in total. The van der Waals surface area contributed by atoms with Gasteiger partial charge in [0.25, 0.3) is 5.91 Å². The van der Waals surface area contributed by atoms with Gasteiger partial charge in [0.2, 0.25) is 5.91 Å². The Morgan fingerprint density at radius 1 is 1.31 bits per heavy atom. The average molecular weight is 361 g/mol. The zero-order valence-corrected chi connectivity index (χ0v) is 14.9. The molecule has 1 heterocycles. The molecule has 3 rings (SSSR count). The molecule has 8 heteroatoms. The van der Waals surface area contributed by atoms with Crippen molar-refractivity contribution < 1.29 is 23.9 Å². The fraction of sp³-hybridized carbons (Fsp3) is 0.500. The number of ether oxygens (including phenoxy) is 2. The third-order valence-corrected chi connectivity index (χ3v) is 4.75. The lowest BCUT2D eigenvalue weighted by Crippen LogP contribution is -2.47. The number of nitrogens with zero attached hydrogens (tertiary/aromatic N) is 1. The minimum Gasteiger partial charge on any atom is -0.493 e. The predicted molar refractivity (Wildman–Crippen MR) is 92.9 cm³/mol. The van der Waals surface area contributed by atoms with Crippen LogP contribution in [-0.4, -0.2) is 55.1 Å². The molecule has 2 aliphatic rings. The summed E-state index contributed by atoms with van der Waals surface area (Å²) in [6.45, 7) is 1.93. The summed E-state index contributed by atoms with van der Waals surface area (Å²) >= 11 is 0. The number of nitrogens with one attached hydrogen (secondary N) is 2. The second-order valence-electron chi connectivity index (χ2n) is 6.65. The van der Waals surface area contributed by atoms with Crippen molar-refractivity contribution in [1.29, 1.82) is 0 Å². The normalized spacial score (nSPS) is 22.2. The molecule has 0 radical (unpaired) electrons. The lowest BCUT2D eigenvalue weighted by atomic mass is 9.96. The van der Waals surface area contributed by atoms with Crippen molar-refractivity contribution in [3.63, 3.8) is 0 Å². The summed E-state index contributed by atoms with van der Waals surface area (Å²) in [5.74, 6) is 0.625. The van der Waals surface area contributed by atoms with Crippen LogP contribution in [0.3, 0.4) is 0 Å². The summed E-state index contributed by atoms with van der Waals surface area (Å²) in [5.41, 5.74) is -0.871. The van der Waals surface area contributed by atoms with Crippen LogP contribution in [-0.2, 0) is 9.59 Å². The van der Waals surface area contributed by atoms with Gasteiger partial charge < -0.3 is 20.1 Å². The van der Waals surface area contributed by atoms with Crippen molar-refractivity contribution in [2.45, 2.75) is 25.3 Å². The van der Waals surface area contributed by atoms with Crippen molar-refractivity contribution in [2.24, 2.45) is 5.92 Å². The number of methoxy groups -OCH3 is 1. The highest BCUT2D eigenvalue weighted by atomic mass is 16.5. The maximum Gasteiger partial charge on any atom is 0.325 e. The molecule has 0 unspecified atom stereocenters.